The average Bonchev–Trinajstić information content (AvgIpc) is 3.27. The third kappa shape index (κ3) is 3.38. The fourth-order valence-electron chi connectivity index (χ4n) is 3.81. The van der Waals surface area contributed by atoms with Gasteiger partial charge in [-0.3, -0.25) is 9.78 Å². The lowest BCUT2D eigenvalue weighted by Crippen LogP contribution is -2.37. The number of carbonyl (C=O) groups is 1. The summed E-state index contributed by atoms with van der Waals surface area (Å²) in [6.45, 7) is 2.70. The Morgan fingerprint density at radius 1 is 1.33 bits per heavy atom. The first-order valence-corrected chi connectivity index (χ1v) is 8.96. The molecule has 2 aliphatic rings. The van der Waals surface area contributed by atoms with E-state index < -0.39 is 12.2 Å². The van der Waals surface area contributed by atoms with Crippen LogP contribution in [-0.2, 0) is 0 Å². The van der Waals surface area contributed by atoms with Gasteiger partial charge in [0.2, 0.25) is 0 Å². The molecule has 9 heteroatoms. The molecule has 4 heterocycles. The van der Waals surface area contributed by atoms with E-state index in [-0.39, 0.29) is 24.3 Å². The number of hydrogen-bond donors (Lipinski definition) is 1. The van der Waals surface area contributed by atoms with Gasteiger partial charge >= 0.3 is 6.18 Å². The second-order valence-corrected chi connectivity index (χ2v) is 7.19. The second kappa shape index (κ2) is 6.54. The maximum absolute atomic E-state index is 13.4. The van der Waals surface area contributed by atoms with Gasteiger partial charge in [-0.1, -0.05) is 6.07 Å². The number of carbonyl (C=O) groups excluding carboxylic acids is 1. The van der Waals surface area contributed by atoms with Crippen LogP contribution in [0.1, 0.15) is 47.9 Å². The minimum Gasteiger partial charge on any atom is -0.368 e. The Balaban J connectivity index is 1.53. The predicted molar refractivity (Wildman–Crippen MR) is 92.5 cm³/mol. The number of nitrogens with zero attached hydrogens (tertiary/aromatic N) is 4. The number of amides is 1. The number of anilines is 1. The summed E-state index contributed by atoms with van der Waals surface area (Å²) in [7, 11) is 0. The van der Waals surface area contributed by atoms with Gasteiger partial charge in [-0.05, 0) is 31.9 Å². The largest absolute Gasteiger partial charge is 0.410 e. The standard InChI is InChI=1S/C18H20F3N5O/c1-11-8-15(18(19,20)21)26-16(23-11)9-14(24-26)12-5-7-25(10-12)17(27)13-4-2-3-6-22-13/h2-4,6,9,11-12,15,23H,5,7-8,10H2,1H3/t11-,12?,15-/m1/s1. The van der Waals surface area contributed by atoms with Crippen LogP contribution in [0.25, 0.3) is 0 Å². The minimum absolute atomic E-state index is 0.0490. The van der Waals surface area contributed by atoms with Gasteiger partial charge in [0.1, 0.15) is 11.5 Å². The third-order valence-electron chi connectivity index (χ3n) is 5.18. The molecule has 1 saturated heterocycles. The van der Waals surface area contributed by atoms with E-state index in [0.717, 1.165) is 4.68 Å². The molecular formula is C18H20F3N5O. The number of nitrogens with one attached hydrogen (secondary N) is 1. The van der Waals surface area contributed by atoms with Gasteiger partial charge in [0, 0.05) is 37.3 Å². The number of hydrogen-bond acceptors (Lipinski definition) is 4. The van der Waals surface area contributed by atoms with Crippen molar-refractivity contribution in [3.63, 3.8) is 0 Å². The van der Waals surface area contributed by atoms with Crippen molar-refractivity contribution in [1.82, 2.24) is 19.7 Å². The summed E-state index contributed by atoms with van der Waals surface area (Å²) < 4.78 is 41.2. The lowest BCUT2D eigenvalue weighted by molar-refractivity contribution is -0.173. The SMILES string of the molecule is C[C@@H]1C[C@H](C(F)(F)F)n2nc(C3CCN(C(=O)c4ccccn4)C3)cc2N1. The maximum atomic E-state index is 13.4. The van der Waals surface area contributed by atoms with Crippen LogP contribution in [0.3, 0.4) is 0 Å². The van der Waals surface area contributed by atoms with Crippen LogP contribution >= 0.6 is 0 Å². The number of fused-ring (bicyclic) bond motifs is 1. The monoisotopic (exact) mass is 379 g/mol. The molecule has 0 spiro atoms. The molecule has 0 bridgehead atoms. The zero-order chi connectivity index (χ0) is 19.2. The zero-order valence-electron chi connectivity index (χ0n) is 14.8. The van der Waals surface area contributed by atoms with Crippen LogP contribution in [0.5, 0.6) is 0 Å². The zero-order valence-corrected chi connectivity index (χ0v) is 14.8. The van der Waals surface area contributed by atoms with Gasteiger partial charge < -0.3 is 10.2 Å². The normalized spacial score (nSPS) is 25.2. The average molecular weight is 379 g/mol. The summed E-state index contributed by atoms with van der Waals surface area (Å²) in [5, 5.41) is 7.34. The highest BCUT2D eigenvalue weighted by molar-refractivity contribution is 5.92. The molecule has 27 heavy (non-hydrogen) atoms. The van der Waals surface area contributed by atoms with E-state index in [2.05, 4.69) is 15.4 Å². The highest BCUT2D eigenvalue weighted by atomic mass is 19.4. The van der Waals surface area contributed by atoms with E-state index in [9.17, 15) is 18.0 Å². The number of pyridine rings is 1. The van der Waals surface area contributed by atoms with Crippen LogP contribution in [0, 0.1) is 0 Å². The molecule has 4 rings (SSSR count). The summed E-state index contributed by atoms with van der Waals surface area (Å²) in [6.07, 6.45) is -2.16. The Morgan fingerprint density at radius 2 is 2.15 bits per heavy atom. The van der Waals surface area contributed by atoms with Gasteiger partial charge in [0.15, 0.2) is 6.04 Å². The molecule has 2 aromatic rings. The van der Waals surface area contributed by atoms with E-state index in [1.165, 1.54) is 0 Å². The Kier molecular flexibility index (Phi) is 4.32. The first-order chi connectivity index (χ1) is 12.8. The molecule has 0 radical (unpaired) electrons. The molecule has 0 aliphatic carbocycles. The number of halogens is 3. The van der Waals surface area contributed by atoms with Crippen LogP contribution in [0.2, 0.25) is 0 Å². The third-order valence-corrected chi connectivity index (χ3v) is 5.18. The van der Waals surface area contributed by atoms with E-state index in [0.29, 0.717) is 36.7 Å². The molecule has 1 fully saturated rings. The van der Waals surface area contributed by atoms with Gasteiger partial charge in [-0.2, -0.15) is 18.3 Å². The van der Waals surface area contributed by atoms with Gasteiger partial charge in [-0.15, -0.1) is 0 Å². The van der Waals surface area contributed by atoms with Crippen molar-refractivity contribution in [1.29, 1.82) is 0 Å². The Bertz CT molecular complexity index is 835. The topological polar surface area (TPSA) is 63.1 Å². The molecule has 1 unspecified atom stereocenters. The smallest absolute Gasteiger partial charge is 0.368 e. The number of alkyl halides is 3. The van der Waals surface area contributed by atoms with E-state index in [1.54, 1.807) is 42.3 Å². The summed E-state index contributed by atoms with van der Waals surface area (Å²) in [6, 6.07) is 4.94. The lowest BCUT2D eigenvalue weighted by atomic mass is 10.0. The first-order valence-electron chi connectivity index (χ1n) is 8.96. The van der Waals surface area contributed by atoms with Crippen molar-refractivity contribution in [3.05, 3.63) is 41.9 Å². The number of rotatable bonds is 2. The molecule has 1 amide bonds. The van der Waals surface area contributed by atoms with Crippen LogP contribution in [0.4, 0.5) is 19.0 Å². The second-order valence-electron chi connectivity index (χ2n) is 7.19. The summed E-state index contributed by atoms with van der Waals surface area (Å²) in [5.74, 6) is 0.143. The van der Waals surface area contributed by atoms with Crippen molar-refractivity contribution in [2.45, 2.75) is 43.9 Å². The fraction of sp³-hybridized carbons (Fsp3) is 0.500. The molecule has 6 nitrogen and oxygen atoms in total. The van der Waals surface area contributed by atoms with Crippen molar-refractivity contribution >= 4 is 11.7 Å². The first kappa shape index (κ1) is 17.8. The summed E-state index contributed by atoms with van der Waals surface area (Å²) in [4.78, 5) is 18.3. The summed E-state index contributed by atoms with van der Waals surface area (Å²) in [5.41, 5.74) is 0.965. The Labute approximate surface area is 154 Å². The lowest BCUT2D eigenvalue weighted by Gasteiger charge is -2.31. The van der Waals surface area contributed by atoms with Crippen LogP contribution in [0.15, 0.2) is 30.5 Å². The quantitative estimate of drug-likeness (QED) is 0.870. The van der Waals surface area contributed by atoms with Crippen molar-refractivity contribution in [3.8, 4) is 0 Å². The predicted octanol–water partition coefficient (Wildman–Crippen LogP) is 3.22. The van der Waals surface area contributed by atoms with Gasteiger partial charge in [0.25, 0.3) is 5.91 Å². The van der Waals surface area contributed by atoms with Gasteiger partial charge in [0.05, 0.1) is 5.69 Å². The van der Waals surface area contributed by atoms with Crippen LogP contribution in [-0.4, -0.2) is 50.9 Å². The van der Waals surface area contributed by atoms with Crippen LogP contribution < -0.4 is 5.32 Å². The van der Waals surface area contributed by atoms with Crippen molar-refractivity contribution < 1.29 is 18.0 Å². The molecule has 3 atom stereocenters. The Hall–Kier alpha value is -2.58. The van der Waals surface area contributed by atoms with E-state index in [4.69, 9.17) is 0 Å². The van der Waals surface area contributed by atoms with E-state index >= 15 is 0 Å². The van der Waals surface area contributed by atoms with Crippen molar-refractivity contribution in [2.75, 3.05) is 18.4 Å². The minimum atomic E-state index is -4.34. The highest BCUT2D eigenvalue weighted by Crippen LogP contribution is 2.40. The van der Waals surface area contributed by atoms with E-state index in [1.807, 2.05) is 0 Å². The van der Waals surface area contributed by atoms with Crippen molar-refractivity contribution in [2.24, 2.45) is 0 Å². The Morgan fingerprint density at radius 3 is 2.85 bits per heavy atom. The number of likely N-dealkylation sites (tertiary alicyclic amines) is 1. The highest BCUT2D eigenvalue weighted by Gasteiger charge is 2.46. The summed E-state index contributed by atoms with van der Waals surface area (Å²) >= 11 is 0. The molecule has 2 aliphatic heterocycles. The molecule has 0 saturated carbocycles. The molecule has 1 N–H and O–H groups in total. The molecule has 0 aromatic carbocycles. The number of aromatic nitrogens is 3. The van der Waals surface area contributed by atoms with Gasteiger partial charge in [-0.25, -0.2) is 4.68 Å². The molecule has 2 aromatic heterocycles. The molecule has 144 valence electrons. The fourth-order valence-corrected chi connectivity index (χ4v) is 3.81. The maximum Gasteiger partial charge on any atom is 0.410 e. The molecular weight excluding hydrogens is 359 g/mol.